The van der Waals surface area contributed by atoms with E-state index in [4.69, 9.17) is 0 Å². The molecule has 0 aliphatic carbocycles. The molecule has 1 N–H and O–H groups in total. The minimum atomic E-state index is -3.83. The van der Waals surface area contributed by atoms with Crippen LogP contribution in [0, 0.1) is 0 Å². The summed E-state index contributed by atoms with van der Waals surface area (Å²) in [6, 6.07) is 24.9. The Hall–Kier alpha value is -3.55. The van der Waals surface area contributed by atoms with Gasteiger partial charge in [-0.1, -0.05) is 66.7 Å². The molecule has 154 valence electrons. The normalized spacial score (nSPS) is 21.4. The van der Waals surface area contributed by atoms with Crippen LogP contribution in [0.3, 0.4) is 0 Å². The van der Waals surface area contributed by atoms with Crippen LogP contribution in [-0.2, 0) is 15.7 Å². The zero-order chi connectivity index (χ0) is 21.6. The number of nitrogens with zero attached hydrogens (tertiary/aromatic N) is 2. The number of hydrazone groups is 1. The predicted molar refractivity (Wildman–Crippen MR) is 118 cm³/mol. The number of benzene rings is 3. The second kappa shape index (κ2) is 7.01. The standard InChI is InChI=1S/C24H19N3O3S/c1-17-16-21(18-10-4-2-5-11-18)25-27(23(28)19-12-6-3-7-13-19)24(17)20-14-8-9-15-22(20)31(29,30)26-24/h2-16,26H,1H3/t24-/m0/s1. The van der Waals surface area contributed by atoms with Crippen molar-refractivity contribution in [3.8, 4) is 0 Å². The quantitative estimate of drug-likeness (QED) is 0.676. The SMILES string of the molecule is CC1=CC(c2ccccc2)=NN(C(=O)c2ccccc2)[C@@]12NS(=O)(=O)c1ccccc12. The van der Waals surface area contributed by atoms with Crippen LogP contribution in [0.25, 0.3) is 0 Å². The first-order valence-corrected chi connectivity index (χ1v) is 11.3. The molecular weight excluding hydrogens is 410 g/mol. The fourth-order valence-corrected chi connectivity index (χ4v) is 5.71. The third-order valence-electron chi connectivity index (χ3n) is 5.58. The number of hydrogen-bond donors (Lipinski definition) is 1. The van der Waals surface area contributed by atoms with Gasteiger partial charge in [0.2, 0.25) is 10.0 Å². The van der Waals surface area contributed by atoms with E-state index in [0.717, 1.165) is 5.56 Å². The van der Waals surface area contributed by atoms with Crippen LogP contribution in [-0.4, -0.2) is 25.0 Å². The smallest absolute Gasteiger partial charge is 0.267 e. The lowest BCUT2D eigenvalue weighted by molar-refractivity contribution is 0.0522. The van der Waals surface area contributed by atoms with Crippen molar-refractivity contribution in [2.24, 2.45) is 5.10 Å². The molecule has 6 nitrogen and oxygen atoms in total. The molecule has 5 rings (SSSR count). The van der Waals surface area contributed by atoms with Crippen molar-refractivity contribution in [2.45, 2.75) is 17.5 Å². The first kappa shape index (κ1) is 19.4. The van der Waals surface area contributed by atoms with E-state index in [1.165, 1.54) is 5.01 Å². The van der Waals surface area contributed by atoms with Crippen LogP contribution in [0.5, 0.6) is 0 Å². The largest absolute Gasteiger partial charge is 0.276 e. The Balaban J connectivity index is 1.76. The van der Waals surface area contributed by atoms with Crippen molar-refractivity contribution < 1.29 is 13.2 Å². The Kier molecular flexibility index (Phi) is 4.39. The van der Waals surface area contributed by atoms with E-state index in [1.807, 2.05) is 49.4 Å². The van der Waals surface area contributed by atoms with Gasteiger partial charge in [-0.3, -0.25) is 4.79 Å². The molecule has 7 heteroatoms. The fourth-order valence-electron chi connectivity index (χ4n) is 4.09. The highest BCUT2D eigenvalue weighted by Crippen LogP contribution is 2.45. The van der Waals surface area contributed by atoms with Gasteiger partial charge in [-0.15, -0.1) is 0 Å². The second-order valence-corrected chi connectivity index (χ2v) is 9.12. The Labute approximate surface area is 180 Å². The maximum atomic E-state index is 13.7. The van der Waals surface area contributed by atoms with Crippen molar-refractivity contribution in [3.05, 3.63) is 113 Å². The summed E-state index contributed by atoms with van der Waals surface area (Å²) in [5.41, 5.74) is 1.52. The van der Waals surface area contributed by atoms with Gasteiger partial charge < -0.3 is 0 Å². The predicted octanol–water partition coefficient (Wildman–Crippen LogP) is 3.64. The molecule has 1 atom stereocenters. The summed E-state index contributed by atoms with van der Waals surface area (Å²) in [4.78, 5) is 13.8. The first-order valence-electron chi connectivity index (χ1n) is 9.79. The molecule has 3 aromatic rings. The molecular formula is C24H19N3O3S. The number of fused-ring (bicyclic) bond motifs is 2. The third kappa shape index (κ3) is 2.93. The van der Waals surface area contributed by atoms with Crippen LogP contribution in [0.1, 0.15) is 28.4 Å². The van der Waals surface area contributed by atoms with Crippen LogP contribution in [0.4, 0.5) is 0 Å². The average molecular weight is 430 g/mol. The number of amides is 1. The van der Waals surface area contributed by atoms with E-state index in [-0.39, 0.29) is 4.90 Å². The molecule has 3 aromatic carbocycles. The van der Waals surface area contributed by atoms with Crippen molar-refractivity contribution >= 4 is 21.6 Å². The zero-order valence-electron chi connectivity index (χ0n) is 16.7. The number of rotatable bonds is 2. The van der Waals surface area contributed by atoms with Crippen molar-refractivity contribution in [3.63, 3.8) is 0 Å². The lowest BCUT2D eigenvalue weighted by atomic mass is 9.88. The summed E-state index contributed by atoms with van der Waals surface area (Å²) in [6.07, 6.45) is 1.83. The molecule has 2 heterocycles. The van der Waals surface area contributed by atoms with Crippen LogP contribution < -0.4 is 4.72 Å². The Bertz CT molecular complexity index is 1350. The van der Waals surface area contributed by atoms with Crippen LogP contribution in [0.15, 0.2) is 107 Å². The average Bonchev–Trinajstić information content (AvgIpc) is 3.04. The van der Waals surface area contributed by atoms with Gasteiger partial charge in [0.1, 0.15) is 0 Å². The van der Waals surface area contributed by atoms with E-state index in [1.54, 1.807) is 48.5 Å². The van der Waals surface area contributed by atoms with Crippen LogP contribution in [0.2, 0.25) is 0 Å². The van der Waals surface area contributed by atoms with Crippen LogP contribution >= 0.6 is 0 Å². The topological polar surface area (TPSA) is 78.8 Å². The molecule has 1 spiro atoms. The van der Waals surface area contributed by atoms with Crippen molar-refractivity contribution in [2.75, 3.05) is 0 Å². The summed E-state index contributed by atoms with van der Waals surface area (Å²) < 4.78 is 28.7. The number of nitrogens with one attached hydrogen (secondary N) is 1. The van der Waals surface area contributed by atoms with E-state index < -0.39 is 21.6 Å². The molecule has 0 saturated heterocycles. The van der Waals surface area contributed by atoms with Gasteiger partial charge in [-0.25, -0.2) is 8.42 Å². The van der Waals surface area contributed by atoms with Gasteiger partial charge in [-0.05, 0) is 36.8 Å². The number of hydrogen-bond acceptors (Lipinski definition) is 4. The Morgan fingerprint density at radius 1 is 0.903 bits per heavy atom. The minimum absolute atomic E-state index is 0.145. The summed E-state index contributed by atoms with van der Waals surface area (Å²) in [5, 5.41) is 5.94. The Morgan fingerprint density at radius 3 is 2.23 bits per heavy atom. The summed E-state index contributed by atoms with van der Waals surface area (Å²) >= 11 is 0. The lowest BCUT2D eigenvalue weighted by Crippen LogP contribution is -2.56. The van der Waals surface area contributed by atoms with E-state index >= 15 is 0 Å². The van der Waals surface area contributed by atoms with Crippen molar-refractivity contribution in [1.82, 2.24) is 9.73 Å². The summed E-state index contributed by atoms with van der Waals surface area (Å²) in [6.45, 7) is 1.81. The number of carbonyl (C=O) groups excluding carboxylic acids is 1. The minimum Gasteiger partial charge on any atom is -0.267 e. The Morgan fingerprint density at radius 2 is 1.52 bits per heavy atom. The van der Waals surface area contributed by atoms with E-state index in [0.29, 0.717) is 22.4 Å². The second-order valence-electron chi connectivity index (χ2n) is 7.47. The molecule has 31 heavy (non-hydrogen) atoms. The van der Waals surface area contributed by atoms with E-state index in [9.17, 15) is 13.2 Å². The maximum absolute atomic E-state index is 13.7. The highest BCUT2D eigenvalue weighted by molar-refractivity contribution is 7.89. The maximum Gasteiger partial charge on any atom is 0.276 e. The molecule has 0 radical (unpaired) electrons. The highest BCUT2D eigenvalue weighted by atomic mass is 32.2. The number of allylic oxidation sites excluding steroid dienone is 1. The molecule has 0 unspecified atom stereocenters. The van der Waals surface area contributed by atoms with Gasteiger partial charge in [0.15, 0.2) is 5.66 Å². The van der Waals surface area contributed by atoms with Gasteiger partial charge >= 0.3 is 0 Å². The molecule has 0 bridgehead atoms. The highest BCUT2D eigenvalue weighted by Gasteiger charge is 2.55. The summed E-state index contributed by atoms with van der Waals surface area (Å²) in [7, 11) is -3.83. The number of sulfonamides is 1. The van der Waals surface area contributed by atoms with Gasteiger partial charge in [0.05, 0.1) is 10.6 Å². The molecule has 0 fully saturated rings. The molecule has 2 aliphatic rings. The van der Waals surface area contributed by atoms with Gasteiger partial charge in [0, 0.05) is 16.7 Å². The number of carbonyl (C=O) groups is 1. The van der Waals surface area contributed by atoms with Crippen molar-refractivity contribution in [1.29, 1.82) is 0 Å². The van der Waals surface area contributed by atoms with E-state index in [2.05, 4.69) is 9.82 Å². The third-order valence-corrected chi connectivity index (χ3v) is 7.08. The fraction of sp³-hybridized carbons (Fsp3) is 0.0833. The molecule has 1 amide bonds. The first-order chi connectivity index (χ1) is 14.9. The van der Waals surface area contributed by atoms with Gasteiger partial charge in [-0.2, -0.15) is 14.8 Å². The molecule has 0 saturated carbocycles. The summed E-state index contributed by atoms with van der Waals surface area (Å²) in [5.74, 6) is -0.402. The lowest BCUT2D eigenvalue weighted by Gasteiger charge is -2.41. The molecule has 0 aromatic heterocycles. The molecule has 2 aliphatic heterocycles. The zero-order valence-corrected chi connectivity index (χ0v) is 17.5. The monoisotopic (exact) mass is 429 g/mol. The van der Waals surface area contributed by atoms with Gasteiger partial charge in [0.25, 0.3) is 5.91 Å².